The minimum Gasteiger partial charge on any atom is -0.486 e. The number of thiophene rings is 1. The molecule has 0 saturated heterocycles. The molecule has 0 fully saturated rings. The summed E-state index contributed by atoms with van der Waals surface area (Å²) in [6, 6.07) is 7.35. The zero-order valence-corrected chi connectivity index (χ0v) is 9.72. The highest BCUT2D eigenvalue weighted by Crippen LogP contribution is 2.14. The van der Waals surface area contributed by atoms with Crippen LogP contribution < -0.4 is 10.5 Å². The molecule has 0 amide bonds. The maximum Gasteiger partial charge on any atom is 0.188 e. The van der Waals surface area contributed by atoms with Crippen LogP contribution in [0.25, 0.3) is 0 Å². The topological polar surface area (TPSA) is 80.7 Å². The second kappa shape index (κ2) is 5.31. The Hall–Kier alpha value is -2.08. The second-order valence-electron chi connectivity index (χ2n) is 3.23. The first-order valence-corrected chi connectivity index (χ1v) is 5.76. The predicted octanol–water partition coefficient (Wildman–Crippen LogP) is 1.82. The van der Waals surface area contributed by atoms with Crippen molar-refractivity contribution in [1.82, 2.24) is 4.98 Å². The van der Waals surface area contributed by atoms with E-state index in [4.69, 9.17) is 15.7 Å². The SMILES string of the molecule is N/C(=N/O)c1ccc(OCc2cccs2)cn1. The van der Waals surface area contributed by atoms with Gasteiger partial charge in [-0.05, 0) is 23.6 Å². The summed E-state index contributed by atoms with van der Waals surface area (Å²) in [6.07, 6.45) is 1.54. The highest BCUT2D eigenvalue weighted by atomic mass is 32.1. The van der Waals surface area contributed by atoms with Crippen molar-refractivity contribution in [3.63, 3.8) is 0 Å². The minimum atomic E-state index is -0.0187. The van der Waals surface area contributed by atoms with Crippen LogP contribution in [0.1, 0.15) is 10.6 Å². The van der Waals surface area contributed by atoms with Crippen molar-refractivity contribution in [2.75, 3.05) is 0 Å². The molecule has 0 aromatic carbocycles. The van der Waals surface area contributed by atoms with E-state index in [2.05, 4.69) is 10.1 Å². The molecule has 0 aliphatic rings. The van der Waals surface area contributed by atoms with E-state index in [1.54, 1.807) is 29.7 Å². The molecule has 0 radical (unpaired) electrons. The molecule has 0 aliphatic carbocycles. The van der Waals surface area contributed by atoms with Crippen LogP contribution in [-0.2, 0) is 6.61 Å². The van der Waals surface area contributed by atoms with Gasteiger partial charge in [-0.1, -0.05) is 11.2 Å². The standard InChI is InChI=1S/C11H11N3O2S/c12-11(14-15)10-4-3-8(6-13-10)16-7-9-2-1-5-17-9/h1-6,15H,7H2,(H2,12,14). The third kappa shape index (κ3) is 2.94. The maximum atomic E-state index is 8.48. The van der Waals surface area contributed by atoms with E-state index in [1.807, 2.05) is 17.5 Å². The number of ether oxygens (including phenoxy) is 1. The monoisotopic (exact) mass is 249 g/mol. The molecular weight excluding hydrogens is 238 g/mol. The molecule has 0 aliphatic heterocycles. The lowest BCUT2D eigenvalue weighted by molar-refractivity contribution is 0.308. The fraction of sp³-hybridized carbons (Fsp3) is 0.0909. The van der Waals surface area contributed by atoms with Crippen LogP contribution in [0.15, 0.2) is 41.0 Å². The van der Waals surface area contributed by atoms with E-state index in [0.29, 0.717) is 18.1 Å². The van der Waals surface area contributed by atoms with E-state index in [-0.39, 0.29) is 5.84 Å². The van der Waals surface area contributed by atoms with Crippen LogP contribution in [0.4, 0.5) is 0 Å². The predicted molar refractivity (Wildman–Crippen MR) is 65.4 cm³/mol. The fourth-order valence-corrected chi connectivity index (χ4v) is 1.83. The summed E-state index contributed by atoms with van der Waals surface area (Å²) < 4.78 is 5.52. The first-order valence-electron chi connectivity index (χ1n) is 4.88. The van der Waals surface area contributed by atoms with Crippen molar-refractivity contribution >= 4 is 17.2 Å². The lowest BCUT2D eigenvalue weighted by Crippen LogP contribution is -2.14. The van der Waals surface area contributed by atoms with Crippen molar-refractivity contribution in [2.24, 2.45) is 10.9 Å². The second-order valence-corrected chi connectivity index (χ2v) is 4.26. The van der Waals surface area contributed by atoms with Gasteiger partial charge in [0, 0.05) is 4.88 Å². The summed E-state index contributed by atoms with van der Waals surface area (Å²) in [7, 11) is 0. The van der Waals surface area contributed by atoms with E-state index >= 15 is 0 Å². The van der Waals surface area contributed by atoms with Gasteiger partial charge in [-0.15, -0.1) is 11.3 Å². The highest BCUT2D eigenvalue weighted by molar-refractivity contribution is 7.09. The van der Waals surface area contributed by atoms with Gasteiger partial charge in [0.1, 0.15) is 18.1 Å². The molecule has 2 rings (SSSR count). The summed E-state index contributed by atoms with van der Waals surface area (Å²) in [5.41, 5.74) is 5.81. The molecule has 3 N–H and O–H groups in total. The van der Waals surface area contributed by atoms with Crippen LogP contribution in [0, 0.1) is 0 Å². The Bertz CT molecular complexity index is 494. The number of amidine groups is 1. The summed E-state index contributed by atoms with van der Waals surface area (Å²) in [5.74, 6) is 0.627. The highest BCUT2D eigenvalue weighted by Gasteiger charge is 2.02. The van der Waals surface area contributed by atoms with Gasteiger partial charge in [0.05, 0.1) is 6.20 Å². The third-order valence-electron chi connectivity index (χ3n) is 2.07. The zero-order valence-electron chi connectivity index (χ0n) is 8.91. The van der Waals surface area contributed by atoms with Gasteiger partial charge in [0.2, 0.25) is 0 Å². The molecular formula is C11H11N3O2S. The molecule has 5 nitrogen and oxygen atoms in total. The van der Waals surface area contributed by atoms with Crippen LogP contribution in [0.3, 0.4) is 0 Å². The van der Waals surface area contributed by atoms with Crippen LogP contribution in [0.5, 0.6) is 5.75 Å². The molecule has 88 valence electrons. The molecule has 2 aromatic rings. The number of nitrogens with zero attached hydrogens (tertiary/aromatic N) is 2. The number of aromatic nitrogens is 1. The Kier molecular flexibility index (Phi) is 3.56. The summed E-state index contributed by atoms with van der Waals surface area (Å²) >= 11 is 1.64. The third-order valence-corrected chi connectivity index (χ3v) is 2.92. The number of hydrogen-bond acceptors (Lipinski definition) is 5. The number of hydrogen-bond donors (Lipinski definition) is 2. The van der Waals surface area contributed by atoms with Gasteiger partial charge in [-0.2, -0.15) is 0 Å². The van der Waals surface area contributed by atoms with Crippen molar-refractivity contribution in [3.8, 4) is 5.75 Å². The first-order chi connectivity index (χ1) is 8.29. The van der Waals surface area contributed by atoms with Crippen molar-refractivity contribution in [1.29, 1.82) is 0 Å². The summed E-state index contributed by atoms with van der Waals surface area (Å²) in [6.45, 7) is 0.516. The van der Waals surface area contributed by atoms with Gasteiger partial charge < -0.3 is 15.7 Å². The molecule has 0 unspecified atom stereocenters. The lowest BCUT2D eigenvalue weighted by atomic mass is 10.3. The molecule has 0 atom stereocenters. The zero-order chi connectivity index (χ0) is 12.1. The number of oxime groups is 1. The molecule has 2 aromatic heterocycles. The van der Waals surface area contributed by atoms with E-state index in [1.165, 1.54) is 0 Å². The van der Waals surface area contributed by atoms with Gasteiger partial charge in [0.15, 0.2) is 5.84 Å². The minimum absolute atomic E-state index is 0.0187. The first kappa shape index (κ1) is 11.4. The molecule has 0 bridgehead atoms. The Morgan fingerprint density at radius 1 is 1.47 bits per heavy atom. The molecule has 17 heavy (non-hydrogen) atoms. The van der Waals surface area contributed by atoms with Crippen LogP contribution in [-0.4, -0.2) is 16.0 Å². The fourth-order valence-electron chi connectivity index (χ4n) is 1.22. The lowest BCUT2D eigenvalue weighted by Gasteiger charge is -2.04. The van der Waals surface area contributed by atoms with E-state index in [9.17, 15) is 0 Å². The largest absolute Gasteiger partial charge is 0.486 e. The Balaban J connectivity index is 1.99. The Morgan fingerprint density at radius 2 is 2.35 bits per heavy atom. The molecule has 0 spiro atoms. The van der Waals surface area contributed by atoms with Crippen molar-refractivity contribution in [3.05, 3.63) is 46.4 Å². The van der Waals surface area contributed by atoms with Crippen molar-refractivity contribution < 1.29 is 9.94 Å². The Labute approximate surface area is 102 Å². The average molecular weight is 249 g/mol. The maximum absolute atomic E-state index is 8.48. The van der Waals surface area contributed by atoms with Crippen LogP contribution >= 0.6 is 11.3 Å². The number of nitrogens with two attached hydrogens (primary N) is 1. The average Bonchev–Trinajstić information content (AvgIpc) is 2.89. The molecule has 2 heterocycles. The van der Waals surface area contributed by atoms with Gasteiger partial charge >= 0.3 is 0 Å². The quantitative estimate of drug-likeness (QED) is 0.375. The normalized spacial score (nSPS) is 11.4. The van der Waals surface area contributed by atoms with Crippen LogP contribution in [0.2, 0.25) is 0 Å². The number of rotatable bonds is 4. The molecule has 0 saturated carbocycles. The molecule has 6 heteroatoms. The van der Waals surface area contributed by atoms with E-state index in [0.717, 1.165) is 4.88 Å². The van der Waals surface area contributed by atoms with Gasteiger partial charge in [-0.3, -0.25) is 0 Å². The summed E-state index contributed by atoms with van der Waals surface area (Å²) in [4.78, 5) is 5.16. The Morgan fingerprint density at radius 3 is 2.94 bits per heavy atom. The van der Waals surface area contributed by atoms with Gasteiger partial charge in [-0.25, -0.2) is 4.98 Å². The van der Waals surface area contributed by atoms with E-state index < -0.39 is 0 Å². The summed E-state index contributed by atoms with van der Waals surface area (Å²) in [5, 5.41) is 13.3. The van der Waals surface area contributed by atoms with Gasteiger partial charge in [0.25, 0.3) is 0 Å². The smallest absolute Gasteiger partial charge is 0.188 e. The number of pyridine rings is 1. The van der Waals surface area contributed by atoms with Crippen molar-refractivity contribution in [2.45, 2.75) is 6.61 Å².